The minimum absolute atomic E-state index is 0.103. The number of nitrogens with zero attached hydrogens (tertiary/aromatic N) is 1. The van der Waals surface area contributed by atoms with E-state index in [1.54, 1.807) is 23.6 Å². The van der Waals surface area contributed by atoms with Gasteiger partial charge in [-0.1, -0.05) is 51.6 Å². The number of amides is 1. The van der Waals surface area contributed by atoms with E-state index in [0.717, 1.165) is 41.1 Å². The number of ether oxygens (including phenoxy) is 2. The molecule has 0 saturated carbocycles. The Morgan fingerprint density at radius 2 is 1.95 bits per heavy atom. The van der Waals surface area contributed by atoms with Crippen LogP contribution < -0.4 is 14.8 Å². The van der Waals surface area contributed by atoms with Gasteiger partial charge in [0.15, 0.2) is 11.5 Å². The van der Waals surface area contributed by atoms with E-state index < -0.39 is 0 Å². The van der Waals surface area contributed by atoms with E-state index in [9.17, 15) is 4.79 Å². The zero-order valence-corrected chi connectivity index (χ0v) is 23.0. The first-order valence-electron chi connectivity index (χ1n) is 12.9. The molecule has 4 rings (SSSR count). The van der Waals surface area contributed by atoms with Crippen LogP contribution in [0.1, 0.15) is 60.5 Å². The highest BCUT2D eigenvalue weighted by Crippen LogP contribution is 2.45. The standard InChI is InChI=1S/C31H36N2O3S/c1-6-17-36-25-16-13-21(18-26(25)35-7-2)20-32-30-28(29(34)33-23-11-9-8-10-12-23)24-15-14-22(31(3,4)5)19-27(24)37-30/h6,8-13,16,18,20,22H,1,7,14-15,17,19H2,2-5H3,(H,33,34)/t22-/m0/s1. The third-order valence-corrected chi connectivity index (χ3v) is 7.85. The third-order valence-electron chi connectivity index (χ3n) is 6.69. The fourth-order valence-electron chi connectivity index (χ4n) is 4.63. The van der Waals surface area contributed by atoms with E-state index >= 15 is 0 Å². The van der Waals surface area contributed by atoms with Crippen molar-refractivity contribution in [2.45, 2.75) is 47.0 Å². The average Bonchev–Trinajstić information content (AvgIpc) is 3.25. The summed E-state index contributed by atoms with van der Waals surface area (Å²) in [4.78, 5) is 19.6. The smallest absolute Gasteiger partial charge is 0.259 e. The number of hydrogen-bond acceptors (Lipinski definition) is 5. The van der Waals surface area contributed by atoms with Crippen LogP contribution in [0, 0.1) is 11.3 Å². The summed E-state index contributed by atoms with van der Waals surface area (Å²) in [6.45, 7) is 13.5. The van der Waals surface area contributed by atoms with E-state index in [-0.39, 0.29) is 11.3 Å². The van der Waals surface area contributed by atoms with Crippen LogP contribution in [0.5, 0.6) is 11.5 Å². The molecule has 0 aliphatic heterocycles. The van der Waals surface area contributed by atoms with Gasteiger partial charge >= 0.3 is 0 Å². The van der Waals surface area contributed by atoms with Crippen molar-refractivity contribution in [3.63, 3.8) is 0 Å². The Morgan fingerprint density at radius 1 is 1.16 bits per heavy atom. The number of carbonyl (C=O) groups excluding carboxylic acids is 1. The lowest BCUT2D eigenvalue weighted by Gasteiger charge is -2.33. The Bertz CT molecular complexity index is 1270. The van der Waals surface area contributed by atoms with Gasteiger partial charge in [0.05, 0.1) is 12.2 Å². The van der Waals surface area contributed by atoms with Crippen molar-refractivity contribution in [1.82, 2.24) is 0 Å². The van der Waals surface area contributed by atoms with E-state index in [2.05, 4.69) is 32.7 Å². The zero-order valence-electron chi connectivity index (χ0n) is 22.2. The molecular weight excluding hydrogens is 480 g/mol. The van der Waals surface area contributed by atoms with Crippen LogP contribution in [0.15, 0.2) is 66.2 Å². The SMILES string of the molecule is C=CCOc1ccc(C=Nc2sc3c(c2C(=O)Nc2ccccc2)CC[C@H](C(C)(C)C)C3)cc1OCC. The molecule has 1 aromatic heterocycles. The molecule has 37 heavy (non-hydrogen) atoms. The highest BCUT2D eigenvalue weighted by atomic mass is 32.1. The molecule has 1 aliphatic carbocycles. The number of aliphatic imine (C=N–C) groups is 1. The van der Waals surface area contributed by atoms with E-state index in [1.165, 1.54) is 4.88 Å². The first-order valence-corrected chi connectivity index (χ1v) is 13.7. The minimum atomic E-state index is -0.103. The molecule has 2 aromatic carbocycles. The van der Waals surface area contributed by atoms with Gasteiger partial charge in [-0.05, 0) is 79.0 Å². The normalized spacial score (nSPS) is 15.3. The number of para-hydroxylation sites is 1. The van der Waals surface area contributed by atoms with Gasteiger partial charge in [-0.25, -0.2) is 4.99 Å². The molecule has 6 heteroatoms. The van der Waals surface area contributed by atoms with Crippen LogP contribution in [-0.4, -0.2) is 25.3 Å². The summed E-state index contributed by atoms with van der Waals surface area (Å²) in [7, 11) is 0. The fourth-order valence-corrected chi connectivity index (χ4v) is 5.89. The Hall–Kier alpha value is -3.38. The van der Waals surface area contributed by atoms with Crippen LogP contribution in [0.2, 0.25) is 0 Å². The predicted molar refractivity (Wildman–Crippen MR) is 154 cm³/mol. The van der Waals surface area contributed by atoms with Crippen molar-refractivity contribution in [2.75, 3.05) is 18.5 Å². The third kappa shape index (κ3) is 6.50. The van der Waals surface area contributed by atoms with E-state index in [1.807, 2.05) is 55.5 Å². The largest absolute Gasteiger partial charge is 0.490 e. The molecule has 194 valence electrons. The number of thiophene rings is 1. The second kappa shape index (κ2) is 11.8. The van der Waals surface area contributed by atoms with Gasteiger partial charge in [-0.15, -0.1) is 11.3 Å². The topological polar surface area (TPSA) is 59.9 Å². The first kappa shape index (κ1) is 26.7. The molecule has 1 aliphatic rings. The van der Waals surface area contributed by atoms with Gasteiger partial charge in [-0.3, -0.25) is 4.79 Å². The quantitative estimate of drug-likeness (QED) is 0.233. The maximum absolute atomic E-state index is 13.5. The van der Waals surface area contributed by atoms with E-state index in [4.69, 9.17) is 14.5 Å². The zero-order chi connectivity index (χ0) is 26.4. The first-order chi connectivity index (χ1) is 17.8. The van der Waals surface area contributed by atoms with Crippen molar-refractivity contribution in [3.05, 3.63) is 82.8 Å². The van der Waals surface area contributed by atoms with Crippen molar-refractivity contribution in [2.24, 2.45) is 16.3 Å². The Labute approximate surface area is 224 Å². The Morgan fingerprint density at radius 3 is 2.65 bits per heavy atom. The summed E-state index contributed by atoms with van der Waals surface area (Å²) < 4.78 is 11.5. The molecule has 5 nitrogen and oxygen atoms in total. The van der Waals surface area contributed by atoms with Crippen molar-refractivity contribution < 1.29 is 14.3 Å². The fraction of sp³-hybridized carbons (Fsp3) is 0.355. The monoisotopic (exact) mass is 516 g/mol. The molecule has 1 heterocycles. The van der Waals surface area contributed by atoms with Gasteiger partial charge in [-0.2, -0.15) is 0 Å². The highest BCUT2D eigenvalue weighted by molar-refractivity contribution is 7.16. The number of fused-ring (bicyclic) bond motifs is 1. The summed E-state index contributed by atoms with van der Waals surface area (Å²) in [5.74, 6) is 1.81. The Kier molecular flexibility index (Phi) is 8.49. The lowest BCUT2D eigenvalue weighted by molar-refractivity contribution is 0.102. The molecule has 0 saturated heterocycles. The molecular formula is C31H36N2O3S. The molecule has 0 unspecified atom stereocenters. The summed E-state index contributed by atoms with van der Waals surface area (Å²) in [6.07, 6.45) is 6.46. The molecule has 1 amide bonds. The van der Waals surface area contributed by atoms with Gasteiger partial charge in [0.2, 0.25) is 0 Å². The number of hydrogen-bond donors (Lipinski definition) is 1. The summed E-state index contributed by atoms with van der Waals surface area (Å²) in [5, 5.41) is 3.82. The number of rotatable bonds is 9. The lowest BCUT2D eigenvalue weighted by Crippen LogP contribution is -2.27. The van der Waals surface area contributed by atoms with Gasteiger partial charge in [0, 0.05) is 16.8 Å². The van der Waals surface area contributed by atoms with Gasteiger partial charge < -0.3 is 14.8 Å². The molecule has 0 fully saturated rings. The maximum Gasteiger partial charge on any atom is 0.259 e. The van der Waals surface area contributed by atoms with Crippen LogP contribution in [-0.2, 0) is 12.8 Å². The summed E-state index contributed by atoms with van der Waals surface area (Å²) in [6, 6.07) is 15.3. The van der Waals surface area contributed by atoms with Gasteiger partial charge in [0.25, 0.3) is 5.91 Å². The lowest BCUT2D eigenvalue weighted by atomic mass is 9.72. The van der Waals surface area contributed by atoms with Gasteiger partial charge in [0.1, 0.15) is 11.6 Å². The average molecular weight is 517 g/mol. The van der Waals surface area contributed by atoms with Crippen LogP contribution in [0.4, 0.5) is 10.7 Å². The second-order valence-corrected chi connectivity index (χ2v) is 11.4. The van der Waals surface area contributed by atoms with Crippen LogP contribution >= 0.6 is 11.3 Å². The summed E-state index contributed by atoms with van der Waals surface area (Å²) >= 11 is 1.64. The number of anilines is 1. The van der Waals surface area contributed by atoms with Crippen LogP contribution in [0.3, 0.4) is 0 Å². The Balaban J connectivity index is 1.68. The molecule has 1 N–H and O–H groups in total. The number of benzene rings is 2. The van der Waals surface area contributed by atoms with Crippen molar-refractivity contribution in [1.29, 1.82) is 0 Å². The molecule has 0 spiro atoms. The molecule has 0 bridgehead atoms. The van der Waals surface area contributed by atoms with Crippen molar-refractivity contribution >= 4 is 34.1 Å². The molecule has 3 aromatic rings. The molecule has 0 radical (unpaired) electrons. The highest BCUT2D eigenvalue weighted by Gasteiger charge is 2.33. The van der Waals surface area contributed by atoms with Crippen LogP contribution in [0.25, 0.3) is 0 Å². The second-order valence-electron chi connectivity index (χ2n) is 10.3. The summed E-state index contributed by atoms with van der Waals surface area (Å²) in [5.41, 5.74) is 3.73. The minimum Gasteiger partial charge on any atom is -0.490 e. The van der Waals surface area contributed by atoms with Crippen molar-refractivity contribution in [3.8, 4) is 11.5 Å². The molecule has 1 atom stereocenters. The van der Waals surface area contributed by atoms with E-state index in [0.29, 0.717) is 36.2 Å². The maximum atomic E-state index is 13.5. The number of nitrogens with one attached hydrogen (secondary N) is 1. The number of carbonyl (C=O) groups is 1. The predicted octanol–water partition coefficient (Wildman–Crippen LogP) is 7.87.